The Balaban J connectivity index is 2.15. The smallest absolute Gasteiger partial charge is 0.263 e. The zero-order valence-electron chi connectivity index (χ0n) is 13.7. The van der Waals surface area contributed by atoms with Gasteiger partial charge in [0.25, 0.3) is 5.91 Å². The van der Waals surface area contributed by atoms with E-state index in [1.54, 1.807) is 0 Å². The van der Waals surface area contributed by atoms with Gasteiger partial charge in [-0.2, -0.15) is 0 Å². The molecule has 3 rings (SSSR count). The summed E-state index contributed by atoms with van der Waals surface area (Å²) in [5.41, 5.74) is 3.07. The highest BCUT2D eigenvalue weighted by Crippen LogP contribution is 2.35. The van der Waals surface area contributed by atoms with Gasteiger partial charge >= 0.3 is 0 Å². The molecule has 23 heavy (non-hydrogen) atoms. The molecule has 0 bridgehead atoms. The molecule has 1 amide bonds. The lowest BCUT2D eigenvalue weighted by atomic mass is 10.1. The number of amides is 1. The summed E-state index contributed by atoms with van der Waals surface area (Å²) >= 11 is 1.47. The summed E-state index contributed by atoms with van der Waals surface area (Å²) in [5.74, 6) is -0.0118. The molecule has 0 radical (unpaired) electrons. The van der Waals surface area contributed by atoms with Crippen molar-refractivity contribution >= 4 is 27.5 Å². The van der Waals surface area contributed by atoms with Crippen molar-refractivity contribution in [3.8, 4) is 5.69 Å². The first kappa shape index (κ1) is 15.7. The summed E-state index contributed by atoms with van der Waals surface area (Å²) in [4.78, 5) is 18.9. The number of aryl methyl sites for hydroxylation is 2. The quantitative estimate of drug-likeness (QED) is 0.713. The number of thiophene rings is 1. The van der Waals surface area contributed by atoms with E-state index < -0.39 is 0 Å². The number of fused-ring (bicyclic) bond motifs is 1. The van der Waals surface area contributed by atoms with Crippen LogP contribution in [0.3, 0.4) is 0 Å². The molecule has 3 aromatic rings. The number of aromatic nitrogens is 2. The molecule has 0 aliphatic rings. The predicted octanol–water partition coefficient (Wildman–Crippen LogP) is 4.23. The van der Waals surface area contributed by atoms with Crippen LogP contribution in [0.5, 0.6) is 0 Å². The fourth-order valence-corrected chi connectivity index (χ4v) is 3.98. The number of unbranched alkanes of at least 4 members (excludes halogenated alkanes) is 1. The zero-order valence-corrected chi connectivity index (χ0v) is 14.5. The molecule has 0 saturated heterocycles. The lowest BCUT2D eigenvalue weighted by molar-refractivity contribution is 0.0957. The number of carbonyl (C=O) groups excluding carboxylic acids is 1. The summed E-state index contributed by atoms with van der Waals surface area (Å²) in [6.45, 7) is 6.89. The molecule has 4 nitrogen and oxygen atoms in total. The van der Waals surface area contributed by atoms with Crippen molar-refractivity contribution < 1.29 is 4.79 Å². The standard InChI is InChI=1S/C18H21N3OS/c1-4-5-8-19-17(22)16-15(21-9-6-7-10-21)14-12(2)11-13(3)20-18(14)23-16/h6-7,9-11H,4-5,8H2,1-3H3,(H,19,22). The number of pyridine rings is 1. The van der Waals surface area contributed by atoms with Crippen LogP contribution in [-0.2, 0) is 0 Å². The molecule has 1 N–H and O–H groups in total. The Kier molecular flexibility index (Phi) is 4.48. The minimum Gasteiger partial charge on any atom is -0.351 e. The first-order valence-electron chi connectivity index (χ1n) is 7.94. The number of nitrogens with one attached hydrogen (secondary N) is 1. The largest absolute Gasteiger partial charge is 0.351 e. The Bertz CT molecular complexity index is 834. The van der Waals surface area contributed by atoms with Crippen LogP contribution < -0.4 is 5.32 Å². The van der Waals surface area contributed by atoms with E-state index in [9.17, 15) is 4.79 Å². The lowest BCUT2D eigenvalue weighted by Crippen LogP contribution is -2.24. The highest BCUT2D eigenvalue weighted by atomic mass is 32.1. The molecule has 0 atom stereocenters. The maximum absolute atomic E-state index is 12.7. The molecule has 120 valence electrons. The third-order valence-electron chi connectivity index (χ3n) is 3.85. The Morgan fingerprint density at radius 1 is 1.30 bits per heavy atom. The number of carbonyl (C=O) groups is 1. The molecule has 3 heterocycles. The van der Waals surface area contributed by atoms with Crippen molar-refractivity contribution in [1.29, 1.82) is 0 Å². The van der Waals surface area contributed by atoms with Crippen LogP contribution in [0.2, 0.25) is 0 Å². The molecule has 3 aromatic heterocycles. The van der Waals surface area contributed by atoms with Crippen LogP contribution >= 0.6 is 11.3 Å². The molecule has 0 unspecified atom stereocenters. The van der Waals surface area contributed by atoms with Crippen molar-refractivity contribution in [3.05, 3.63) is 46.7 Å². The average Bonchev–Trinajstić information content (AvgIpc) is 3.13. The number of nitrogens with zero attached hydrogens (tertiary/aromatic N) is 2. The van der Waals surface area contributed by atoms with Gasteiger partial charge < -0.3 is 9.88 Å². The van der Waals surface area contributed by atoms with Crippen molar-refractivity contribution in [1.82, 2.24) is 14.9 Å². The third kappa shape index (κ3) is 3.01. The second-order valence-electron chi connectivity index (χ2n) is 5.74. The summed E-state index contributed by atoms with van der Waals surface area (Å²) in [6, 6.07) is 6.01. The Morgan fingerprint density at radius 3 is 2.74 bits per heavy atom. The average molecular weight is 327 g/mol. The van der Waals surface area contributed by atoms with Gasteiger partial charge in [-0.05, 0) is 44.0 Å². The molecule has 0 aromatic carbocycles. The third-order valence-corrected chi connectivity index (χ3v) is 4.92. The zero-order chi connectivity index (χ0) is 16.4. The molecule has 0 aliphatic heterocycles. The van der Waals surface area contributed by atoms with Gasteiger partial charge in [-0.3, -0.25) is 4.79 Å². The monoisotopic (exact) mass is 327 g/mol. The van der Waals surface area contributed by atoms with Crippen LogP contribution in [0.4, 0.5) is 0 Å². The lowest BCUT2D eigenvalue weighted by Gasteiger charge is -2.08. The van der Waals surface area contributed by atoms with Gasteiger partial charge in [-0.25, -0.2) is 4.98 Å². The SMILES string of the molecule is CCCCNC(=O)c1sc2nc(C)cc(C)c2c1-n1cccc1. The second kappa shape index (κ2) is 6.54. The number of hydrogen-bond acceptors (Lipinski definition) is 3. The molecule has 0 aliphatic carbocycles. The fourth-order valence-electron chi connectivity index (χ4n) is 2.77. The van der Waals surface area contributed by atoms with Crippen LogP contribution in [0.15, 0.2) is 30.6 Å². The van der Waals surface area contributed by atoms with Gasteiger partial charge in [0.1, 0.15) is 9.71 Å². The van der Waals surface area contributed by atoms with Crippen molar-refractivity contribution in [2.45, 2.75) is 33.6 Å². The summed E-state index contributed by atoms with van der Waals surface area (Å²) < 4.78 is 2.01. The molecule has 0 saturated carbocycles. The van der Waals surface area contributed by atoms with Crippen LogP contribution in [0.25, 0.3) is 15.9 Å². The Labute approximate surface area is 140 Å². The Hall–Kier alpha value is -2.14. The van der Waals surface area contributed by atoms with E-state index in [2.05, 4.69) is 30.2 Å². The van der Waals surface area contributed by atoms with Crippen LogP contribution in [0.1, 0.15) is 40.7 Å². The van der Waals surface area contributed by atoms with Crippen LogP contribution in [-0.4, -0.2) is 22.0 Å². The van der Waals surface area contributed by atoms with Crippen LogP contribution in [0, 0.1) is 13.8 Å². The first-order chi connectivity index (χ1) is 11.1. The summed E-state index contributed by atoms with van der Waals surface area (Å²) in [5, 5.41) is 4.09. The summed E-state index contributed by atoms with van der Waals surface area (Å²) in [6.07, 6.45) is 6.01. The number of hydrogen-bond donors (Lipinski definition) is 1. The minimum atomic E-state index is -0.0118. The van der Waals surface area contributed by atoms with E-state index in [1.807, 2.05) is 36.0 Å². The molecule has 5 heteroatoms. The maximum Gasteiger partial charge on any atom is 0.263 e. The predicted molar refractivity (Wildman–Crippen MR) is 95.7 cm³/mol. The van der Waals surface area contributed by atoms with E-state index >= 15 is 0 Å². The van der Waals surface area contributed by atoms with Crippen molar-refractivity contribution in [2.75, 3.05) is 6.54 Å². The molecular weight excluding hydrogens is 306 g/mol. The number of rotatable bonds is 5. The van der Waals surface area contributed by atoms with Gasteiger partial charge in [0.05, 0.1) is 5.69 Å². The van der Waals surface area contributed by atoms with Crippen molar-refractivity contribution in [3.63, 3.8) is 0 Å². The molecule has 0 fully saturated rings. The molecule has 0 spiro atoms. The van der Waals surface area contributed by atoms with E-state index in [1.165, 1.54) is 11.3 Å². The maximum atomic E-state index is 12.7. The van der Waals surface area contributed by atoms with Gasteiger partial charge in [0.2, 0.25) is 0 Å². The first-order valence-corrected chi connectivity index (χ1v) is 8.75. The molecular formula is C18H21N3OS. The second-order valence-corrected chi connectivity index (χ2v) is 6.74. The van der Waals surface area contributed by atoms with Crippen molar-refractivity contribution in [2.24, 2.45) is 0 Å². The van der Waals surface area contributed by atoms with Gasteiger partial charge in [0, 0.05) is 30.0 Å². The van der Waals surface area contributed by atoms with Gasteiger partial charge in [-0.1, -0.05) is 13.3 Å². The highest BCUT2D eigenvalue weighted by molar-refractivity contribution is 7.21. The minimum absolute atomic E-state index is 0.0118. The Morgan fingerprint density at radius 2 is 2.04 bits per heavy atom. The topological polar surface area (TPSA) is 46.9 Å². The van der Waals surface area contributed by atoms with E-state index in [0.29, 0.717) is 6.54 Å². The van der Waals surface area contributed by atoms with Gasteiger partial charge in [-0.15, -0.1) is 11.3 Å². The fraction of sp³-hybridized carbons (Fsp3) is 0.333. The summed E-state index contributed by atoms with van der Waals surface area (Å²) in [7, 11) is 0. The van der Waals surface area contributed by atoms with E-state index in [4.69, 9.17) is 0 Å². The van der Waals surface area contributed by atoms with Gasteiger partial charge in [0.15, 0.2) is 0 Å². The van der Waals surface area contributed by atoms with E-state index in [0.717, 1.165) is 44.9 Å². The highest BCUT2D eigenvalue weighted by Gasteiger charge is 2.21. The normalized spacial score (nSPS) is 11.1. The van der Waals surface area contributed by atoms with E-state index in [-0.39, 0.29) is 5.91 Å².